The van der Waals surface area contributed by atoms with Crippen molar-refractivity contribution < 1.29 is 23.9 Å². The second kappa shape index (κ2) is 8.57. The SMILES string of the molecule is CC(=O)Oc1ccc(C2C(C(=O)OC3CCCC3)=C(C)NC3=C2C(=O)CC(C)(C)C3)cc1. The van der Waals surface area contributed by atoms with Crippen LogP contribution in [0.15, 0.2) is 46.8 Å². The standard InChI is InChI=1S/C26H31NO5/c1-15-22(25(30)32-18-7-5-6-8-18)23(17-9-11-19(12-10-17)31-16(2)28)24-20(27-15)13-26(3,4)14-21(24)29/h9-12,18,23,27H,5-8,13-14H2,1-4H3. The number of nitrogens with one attached hydrogen (secondary N) is 1. The number of rotatable bonds is 4. The van der Waals surface area contributed by atoms with Crippen LogP contribution < -0.4 is 10.1 Å². The monoisotopic (exact) mass is 437 g/mol. The summed E-state index contributed by atoms with van der Waals surface area (Å²) in [6, 6.07) is 7.04. The molecule has 0 amide bonds. The molecule has 6 heteroatoms. The highest BCUT2D eigenvalue weighted by atomic mass is 16.5. The summed E-state index contributed by atoms with van der Waals surface area (Å²) in [6.07, 6.45) is 5.00. The number of Topliss-reactive ketones (excluding diaryl/α,β-unsaturated/α-hetero) is 1. The van der Waals surface area contributed by atoms with E-state index in [9.17, 15) is 14.4 Å². The highest BCUT2D eigenvalue weighted by Gasteiger charge is 2.43. The van der Waals surface area contributed by atoms with Gasteiger partial charge in [0.25, 0.3) is 0 Å². The molecule has 0 spiro atoms. The number of esters is 2. The van der Waals surface area contributed by atoms with Crippen LogP contribution in [-0.2, 0) is 19.1 Å². The quantitative estimate of drug-likeness (QED) is 0.543. The van der Waals surface area contributed by atoms with Crippen molar-refractivity contribution >= 4 is 17.7 Å². The Labute approximate surface area is 189 Å². The van der Waals surface area contributed by atoms with Crippen molar-refractivity contribution in [1.29, 1.82) is 0 Å². The van der Waals surface area contributed by atoms with Gasteiger partial charge in [-0.15, -0.1) is 0 Å². The summed E-state index contributed by atoms with van der Waals surface area (Å²) < 4.78 is 11.0. The molecule has 1 atom stereocenters. The van der Waals surface area contributed by atoms with Crippen LogP contribution in [0.2, 0.25) is 0 Å². The zero-order valence-corrected chi connectivity index (χ0v) is 19.2. The van der Waals surface area contributed by atoms with E-state index in [4.69, 9.17) is 9.47 Å². The van der Waals surface area contributed by atoms with Gasteiger partial charge in [0.1, 0.15) is 11.9 Å². The number of hydrogen-bond acceptors (Lipinski definition) is 6. The van der Waals surface area contributed by atoms with Crippen molar-refractivity contribution in [3.05, 3.63) is 52.4 Å². The highest BCUT2D eigenvalue weighted by Crippen LogP contribution is 2.47. The lowest BCUT2D eigenvalue weighted by atomic mass is 9.68. The maximum Gasteiger partial charge on any atom is 0.337 e. The van der Waals surface area contributed by atoms with Crippen LogP contribution in [0.5, 0.6) is 5.75 Å². The molecular formula is C26H31NO5. The number of hydrogen-bond donors (Lipinski definition) is 1. The smallest absolute Gasteiger partial charge is 0.337 e. The second-order valence-electron chi connectivity index (χ2n) is 9.90. The average molecular weight is 438 g/mol. The van der Waals surface area contributed by atoms with E-state index in [-0.39, 0.29) is 23.3 Å². The summed E-state index contributed by atoms with van der Waals surface area (Å²) >= 11 is 0. The fourth-order valence-corrected chi connectivity index (χ4v) is 5.16. The van der Waals surface area contributed by atoms with Crippen molar-refractivity contribution in [2.45, 2.75) is 78.2 Å². The van der Waals surface area contributed by atoms with Crippen LogP contribution in [0.3, 0.4) is 0 Å². The normalized spacial score (nSPS) is 23.0. The van der Waals surface area contributed by atoms with Gasteiger partial charge in [0, 0.05) is 36.2 Å². The van der Waals surface area contributed by atoms with Crippen LogP contribution in [0.25, 0.3) is 0 Å². The van der Waals surface area contributed by atoms with Crippen LogP contribution in [0, 0.1) is 5.41 Å². The third-order valence-corrected chi connectivity index (χ3v) is 6.51. The molecule has 1 N–H and O–H groups in total. The molecule has 0 saturated heterocycles. The predicted molar refractivity (Wildman–Crippen MR) is 120 cm³/mol. The first kappa shape index (κ1) is 22.3. The van der Waals surface area contributed by atoms with Crippen LogP contribution in [-0.4, -0.2) is 23.8 Å². The predicted octanol–water partition coefficient (Wildman–Crippen LogP) is 4.70. The molecule has 1 aromatic carbocycles. The first-order chi connectivity index (χ1) is 15.1. The average Bonchev–Trinajstić information content (AvgIpc) is 3.19. The molecular weight excluding hydrogens is 406 g/mol. The van der Waals surface area contributed by atoms with Gasteiger partial charge in [-0.25, -0.2) is 4.79 Å². The Balaban J connectivity index is 1.75. The van der Waals surface area contributed by atoms with E-state index >= 15 is 0 Å². The molecule has 1 saturated carbocycles. The lowest BCUT2D eigenvalue weighted by Gasteiger charge is -2.39. The van der Waals surface area contributed by atoms with E-state index in [1.165, 1.54) is 6.92 Å². The number of carbonyl (C=O) groups excluding carboxylic acids is 3. The highest BCUT2D eigenvalue weighted by molar-refractivity contribution is 6.04. The molecule has 170 valence electrons. The van der Waals surface area contributed by atoms with Gasteiger partial charge in [0.15, 0.2) is 5.78 Å². The molecule has 6 nitrogen and oxygen atoms in total. The van der Waals surface area contributed by atoms with Gasteiger partial charge >= 0.3 is 11.9 Å². The molecule has 3 aliphatic rings. The lowest BCUT2D eigenvalue weighted by molar-refractivity contribution is -0.144. The summed E-state index contributed by atoms with van der Waals surface area (Å²) in [5, 5.41) is 3.37. The summed E-state index contributed by atoms with van der Waals surface area (Å²) in [7, 11) is 0. The Morgan fingerprint density at radius 2 is 1.72 bits per heavy atom. The molecule has 0 radical (unpaired) electrons. The van der Waals surface area contributed by atoms with E-state index in [0.717, 1.165) is 49.1 Å². The van der Waals surface area contributed by atoms with Gasteiger partial charge in [0.05, 0.1) is 5.57 Å². The third kappa shape index (κ3) is 4.50. The molecule has 1 unspecified atom stereocenters. The minimum Gasteiger partial charge on any atom is -0.459 e. The second-order valence-corrected chi connectivity index (χ2v) is 9.90. The number of carbonyl (C=O) groups is 3. The topological polar surface area (TPSA) is 81.7 Å². The van der Waals surface area contributed by atoms with E-state index < -0.39 is 11.9 Å². The fraction of sp³-hybridized carbons (Fsp3) is 0.500. The first-order valence-corrected chi connectivity index (χ1v) is 11.4. The van der Waals surface area contributed by atoms with Crippen molar-refractivity contribution in [1.82, 2.24) is 5.32 Å². The first-order valence-electron chi connectivity index (χ1n) is 11.4. The van der Waals surface area contributed by atoms with E-state index in [2.05, 4.69) is 19.2 Å². The van der Waals surface area contributed by atoms with Crippen molar-refractivity contribution in [3.8, 4) is 5.75 Å². The third-order valence-electron chi connectivity index (χ3n) is 6.51. The molecule has 1 aliphatic heterocycles. The maximum atomic E-state index is 13.3. The summed E-state index contributed by atoms with van der Waals surface area (Å²) in [5.41, 5.74) is 3.41. The molecule has 32 heavy (non-hydrogen) atoms. The Morgan fingerprint density at radius 1 is 1.06 bits per heavy atom. The molecule has 1 fully saturated rings. The molecule has 4 rings (SSSR count). The number of ketones is 1. The molecule has 1 aromatic rings. The Hall–Kier alpha value is -2.89. The van der Waals surface area contributed by atoms with E-state index in [1.807, 2.05) is 19.1 Å². The van der Waals surface area contributed by atoms with Crippen molar-refractivity contribution in [3.63, 3.8) is 0 Å². The number of allylic oxidation sites excluding steroid dienone is 3. The Kier molecular flexibility index (Phi) is 5.97. The Bertz CT molecular complexity index is 1010. The van der Waals surface area contributed by atoms with Crippen molar-refractivity contribution in [2.75, 3.05) is 0 Å². The van der Waals surface area contributed by atoms with Gasteiger partial charge < -0.3 is 14.8 Å². The fourth-order valence-electron chi connectivity index (χ4n) is 5.16. The number of ether oxygens (including phenoxy) is 2. The van der Waals surface area contributed by atoms with Crippen LogP contribution in [0.1, 0.15) is 77.7 Å². The molecule has 1 heterocycles. The van der Waals surface area contributed by atoms with Crippen LogP contribution >= 0.6 is 0 Å². The molecule has 2 aliphatic carbocycles. The summed E-state index contributed by atoms with van der Waals surface area (Å²) in [4.78, 5) is 38.0. The maximum absolute atomic E-state index is 13.3. The van der Waals surface area contributed by atoms with Gasteiger partial charge in [-0.2, -0.15) is 0 Å². The largest absolute Gasteiger partial charge is 0.459 e. The van der Waals surface area contributed by atoms with Gasteiger partial charge in [-0.1, -0.05) is 26.0 Å². The van der Waals surface area contributed by atoms with E-state index in [0.29, 0.717) is 23.3 Å². The lowest BCUT2D eigenvalue weighted by Crippen LogP contribution is -2.39. The zero-order chi connectivity index (χ0) is 23.0. The van der Waals surface area contributed by atoms with Gasteiger partial charge in [-0.05, 0) is 62.1 Å². The zero-order valence-electron chi connectivity index (χ0n) is 19.2. The van der Waals surface area contributed by atoms with Crippen molar-refractivity contribution in [2.24, 2.45) is 5.41 Å². The number of benzene rings is 1. The Morgan fingerprint density at radius 3 is 2.34 bits per heavy atom. The minimum absolute atomic E-state index is 0.0523. The van der Waals surface area contributed by atoms with Gasteiger partial charge in [0.2, 0.25) is 0 Å². The molecule has 0 bridgehead atoms. The summed E-state index contributed by atoms with van der Waals surface area (Å²) in [6.45, 7) is 7.40. The molecule has 0 aromatic heterocycles. The number of dihydropyridines is 1. The van der Waals surface area contributed by atoms with Crippen LogP contribution in [0.4, 0.5) is 0 Å². The van der Waals surface area contributed by atoms with Gasteiger partial charge in [-0.3, -0.25) is 9.59 Å². The summed E-state index contributed by atoms with van der Waals surface area (Å²) in [5.74, 6) is -0.783. The minimum atomic E-state index is -0.505. The van der Waals surface area contributed by atoms with E-state index in [1.54, 1.807) is 12.1 Å².